The van der Waals surface area contributed by atoms with Gasteiger partial charge in [0, 0.05) is 11.6 Å². The number of carbonyl (C=O) groups is 1. The lowest BCUT2D eigenvalue weighted by Gasteiger charge is -2.38. The normalized spacial score (nSPS) is 15.9. The second-order valence-electron chi connectivity index (χ2n) is 6.07. The molecular formula is C17H18N2O5S. The second-order valence-corrected chi connectivity index (χ2v) is 7.72. The Labute approximate surface area is 146 Å². The monoisotopic (exact) mass is 362 g/mol. The van der Waals surface area contributed by atoms with E-state index in [1.165, 1.54) is 25.4 Å². The molecule has 2 heterocycles. The Morgan fingerprint density at radius 2 is 2.04 bits per heavy atom. The summed E-state index contributed by atoms with van der Waals surface area (Å²) in [6.07, 6.45) is 1.42. The van der Waals surface area contributed by atoms with Gasteiger partial charge in [0.25, 0.3) is 15.9 Å². The molecule has 2 aromatic rings. The molecule has 0 saturated carbocycles. The molecule has 3 rings (SSSR count). The molecule has 0 unspecified atom stereocenters. The van der Waals surface area contributed by atoms with Gasteiger partial charge >= 0.3 is 0 Å². The molecule has 1 fully saturated rings. The molecule has 0 atom stereocenters. The molecule has 0 bridgehead atoms. The van der Waals surface area contributed by atoms with Gasteiger partial charge in [-0.25, -0.2) is 13.1 Å². The number of methoxy groups -OCH3 is 1. The topological polar surface area (TPSA) is 94.6 Å². The number of sulfonamides is 1. The Kier molecular flexibility index (Phi) is 4.49. The van der Waals surface area contributed by atoms with Gasteiger partial charge < -0.3 is 9.47 Å². The van der Waals surface area contributed by atoms with Crippen molar-refractivity contribution in [2.45, 2.75) is 17.2 Å². The van der Waals surface area contributed by atoms with E-state index in [0.29, 0.717) is 13.2 Å². The van der Waals surface area contributed by atoms with Crippen molar-refractivity contribution in [3.05, 3.63) is 53.9 Å². The Hall–Kier alpha value is -2.45. The Balaban J connectivity index is 1.95. The van der Waals surface area contributed by atoms with Gasteiger partial charge in [0.05, 0.1) is 20.3 Å². The molecule has 132 valence electrons. The number of carbonyl (C=O) groups excluding carboxylic acids is 1. The maximum atomic E-state index is 12.7. The summed E-state index contributed by atoms with van der Waals surface area (Å²) in [5, 5.41) is 0. The number of benzene rings is 1. The lowest BCUT2D eigenvalue weighted by atomic mass is 9.81. The molecule has 1 saturated heterocycles. The summed E-state index contributed by atoms with van der Waals surface area (Å²) in [5.41, 5.74) is 0.576. The maximum absolute atomic E-state index is 12.7. The largest absolute Gasteiger partial charge is 0.495 e. The number of nitrogens with one attached hydrogen (secondary N) is 1. The lowest BCUT2D eigenvalue weighted by Crippen LogP contribution is -2.44. The first kappa shape index (κ1) is 17.4. The molecule has 1 aliphatic rings. The van der Waals surface area contributed by atoms with Crippen molar-refractivity contribution >= 4 is 15.9 Å². The van der Waals surface area contributed by atoms with Crippen LogP contribution in [0.5, 0.6) is 5.75 Å². The van der Waals surface area contributed by atoms with E-state index in [1.807, 2.05) is 11.6 Å². The zero-order valence-corrected chi connectivity index (χ0v) is 14.7. The van der Waals surface area contributed by atoms with E-state index in [4.69, 9.17) is 9.47 Å². The first-order valence-electron chi connectivity index (χ1n) is 7.60. The molecule has 1 N–H and O–H groups in total. The van der Waals surface area contributed by atoms with Gasteiger partial charge in [-0.05, 0) is 29.8 Å². The minimum atomic E-state index is -4.12. The average molecular weight is 362 g/mol. The van der Waals surface area contributed by atoms with Crippen LogP contribution in [-0.4, -0.2) is 39.6 Å². The van der Waals surface area contributed by atoms with E-state index in [-0.39, 0.29) is 21.8 Å². The number of pyridine rings is 1. The molecule has 1 aliphatic heterocycles. The number of aromatic nitrogens is 1. The third-order valence-corrected chi connectivity index (χ3v) is 5.47. The van der Waals surface area contributed by atoms with Crippen molar-refractivity contribution in [1.82, 2.24) is 9.71 Å². The number of hydrogen-bond acceptors (Lipinski definition) is 6. The van der Waals surface area contributed by atoms with E-state index in [9.17, 15) is 13.2 Å². The van der Waals surface area contributed by atoms with E-state index in [1.54, 1.807) is 24.3 Å². The van der Waals surface area contributed by atoms with Crippen molar-refractivity contribution in [1.29, 1.82) is 0 Å². The van der Waals surface area contributed by atoms with E-state index in [2.05, 4.69) is 4.98 Å². The fraction of sp³-hybridized carbons (Fsp3) is 0.294. The van der Waals surface area contributed by atoms with Crippen LogP contribution in [0.25, 0.3) is 0 Å². The third kappa shape index (κ3) is 3.35. The summed E-state index contributed by atoms with van der Waals surface area (Å²) in [6.45, 7) is 3.01. The molecule has 0 radical (unpaired) electrons. The number of rotatable bonds is 5. The fourth-order valence-corrected chi connectivity index (χ4v) is 3.72. The minimum absolute atomic E-state index is 0.0144. The Bertz CT molecular complexity index is 893. The predicted octanol–water partition coefficient (Wildman–Crippen LogP) is 1.50. The van der Waals surface area contributed by atoms with E-state index in [0.717, 1.165) is 5.56 Å². The van der Waals surface area contributed by atoms with Crippen LogP contribution in [-0.2, 0) is 20.2 Å². The molecular weight excluding hydrogens is 344 g/mol. The van der Waals surface area contributed by atoms with Crippen LogP contribution in [0.2, 0.25) is 0 Å². The molecule has 1 amide bonds. The standard InChI is InChI=1S/C17H18N2O5S/c1-17(10-24-11-17)12-6-7-14(23-2)15(9-12)25(21,22)19-16(20)13-5-3-4-8-18-13/h3-9H,10-11H2,1-2H3,(H,19,20). The molecule has 7 nitrogen and oxygen atoms in total. The summed E-state index contributed by atoms with van der Waals surface area (Å²) in [6, 6.07) is 9.59. The van der Waals surface area contributed by atoms with Crippen LogP contribution in [0, 0.1) is 0 Å². The highest BCUT2D eigenvalue weighted by molar-refractivity contribution is 7.90. The predicted molar refractivity (Wildman–Crippen MR) is 90.1 cm³/mol. The van der Waals surface area contributed by atoms with Crippen LogP contribution < -0.4 is 9.46 Å². The summed E-state index contributed by atoms with van der Waals surface area (Å²) < 4.78 is 37.9. The van der Waals surface area contributed by atoms with E-state index >= 15 is 0 Å². The summed E-state index contributed by atoms with van der Waals surface area (Å²) in [4.78, 5) is 15.9. The van der Waals surface area contributed by atoms with Crippen molar-refractivity contribution in [3.8, 4) is 5.75 Å². The quantitative estimate of drug-likeness (QED) is 0.866. The van der Waals surface area contributed by atoms with Gasteiger partial charge in [0.2, 0.25) is 0 Å². The summed E-state index contributed by atoms with van der Waals surface area (Å²) in [7, 11) is -2.74. The minimum Gasteiger partial charge on any atom is -0.495 e. The van der Waals surface area contributed by atoms with Crippen LogP contribution in [0.1, 0.15) is 23.0 Å². The molecule has 1 aromatic heterocycles. The van der Waals surface area contributed by atoms with Crippen molar-refractivity contribution in [2.75, 3.05) is 20.3 Å². The maximum Gasteiger partial charge on any atom is 0.283 e. The van der Waals surface area contributed by atoms with Crippen LogP contribution >= 0.6 is 0 Å². The zero-order chi connectivity index (χ0) is 18.1. The molecule has 0 spiro atoms. The summed E-state index contributed by atoms with van der Waals surface area (Å²) in [5.74, 6) is -0.639. The average Bonchev–Trinajstić information content (AvgIpc) is 2.59. The highest BCUT2D eigenvalue weighted by atomic mass is 32.2. The van der Waals surface area contributed by atoms with Crippen molar-refractivity contribution in [2.24, 2.45) is 0 Å². The van der Waals surface area contributed by atoms with Crippen LogP contribution in [0.3, 0.4) is 0 Å². The Morgan fingerprint density at radius 3 is 2.60 bits per heavy atom. The number of nitrogens with zero attached hydrogens (tertiary/aromatic N) is 1. The van der Waals surface area contributed by atoms with E-state index < -0.39 is 15.9 Å². The fourth-order valence-electron chi connectivity index (χ4n) is 2.56. The highest BCUT2D eigenvalue weighted by Gasteiger charge is 2.36. The lowest BCUT2D eigenvalue weighted by molar-refractivity contribution is -0.0501. The summed E-state index contributed by atoms with van der Waals surface area (Å²) >= 11 is 0. The van der Waals surface area contributed by atoms with Gasteiger partial charge in [-0.2, -0.15) is 0 Å². The van der Waals surface area contributed by atoms with Gasteiger partial charge in [0.15, 0.2) is 0 Å². The van der Waals surface area contributed by atoms with Crippen LogP contribution in [0.4, 0.5) is 0 Å². The molecule has 1 aromatic carbocycles. The third-order valence-electron chi connectivity index (χ3n) is 4.12. The first-order chi connectivity index (χ1) is 11.9. The van der Waals surface area contributed by atoms with Crippen molar-refractivity contribution in [3.63, 3.8) is 0 Å². The van der Waals surface area contributed by atoms with Gasteiger partial charge in [0.1, 0.15) is 16.3 Å². The van der Waals surface area contributed by atoms with Crippen LogP contribution in [0.15, 0.2) is 47.5 Å². The number of amides is 1. The number of ether oxygens (including phenoxy) is 2. The van der Waals surface area contributed by atoms with Gasteiger partial charge in [-0.3, -0.25) is 9.78 Å². The first-order valence-corrected chi connectivity index (χ1v) is 9.08. The Morgan fingerprint density at radius 1 is 1.28 bits per heavy atom. The SMILES string of the molecule is COc1ccc(C2(C)COC2)cc1S(=O)(=O)NC(=O)c1ccccn1. The highest BCUT2D eigenvalue weighted by Crippen LogP contribution is 2.35. The molecule has 0 aliphatic carbocycles. The van der Waals surface area contributed by atoms with Gasteiger partial charge in [-0.1, -0.05) is 19.1 Å². The molecule has 8 heteroatoms. The molecule has 25 heavy (non-hydrogen) atoms. The second kappa shape index (κ2) is 6.45. The van der Waals surface area contributed by atoms with Gasteiger partial charge in [-0.15, -0.1) is 0 Å². The smallest absolute Gasteiger partial charge is 0.283 e. The zero-order valence-electron chi connectivity index (χ0n) is 13.9. The number of hydrogen-bond donors (Lipinski definition) is 1. The van der Waals surface area contributed by atoms with Crippen molar-refractivity contribution < 1.29 is 22.7 Å².